The molecule has 17 heavy (non-hydrogen) atoms. The van der Waals surface area contributed by atoms with Crippen LogP contribution in [-0.2, 0) is 4.79 Å². The molecule has 0 N–H and O–H groups in total. The molecule has 4 nitrogen and oxygen atoms in total. The maximum absolute atomic E-state index is 11.8. The molecule has 0 saturated carbocycles. The van der Waals surface area contributed by atoms with E-state index >= 15 is 0 Å². The second kappa shape index (κ2) is 3.85. The average Bonchev–Trinajstić information content (AvgIpc) is 2.35. The van der Waals surface area contributed by atoms with E-state index in [1.165, 1.54) is 18.7 Å². The van der Waals surface area contributed by atoms with Gasteiger partial charge in [0.05, 0.1) is 5.69 Å². The fourth-order valence-corrected chi connectivity index (χ4v) is 2.78. The number of anilines is 2. The lowest BCUT2D eigenvalue weighted by molar-refractivity contribution is -0.115. The van der Waals surface area contributed by atoms with Crippen molar-refractivity contribution in [3.8, 4) is 0 Å². The van der Waals surface area contributed by atoms with E-state index in [4.69, 9.17) is 0 Å². The van der Waals surface area contributed by atoms with E-state index in [2.05, 4.69) is 9.97 Å². The molecule has 0 atom stereocenters. The lowest BCUT2D eigenvalue weighted by Crippen LogP contribution is -2.27. The van der Waals surface area contributed by atoms with E-state index in [1.54, 1.807) is 17.3 Å². The summed E-state index contributed by atoms with van der Waals surface area (Å²) >= 11 is 1.54. The van der Waals surface area contributed by atoms with Gasteiger partial charge < -0.3 is 0 Å². The number of benzene rings is 1. The number of hydrogen-bond acceptors (Lipinski definition) is 4. The molecule has 1 aromatic carbocycles. The molecule has 3 rings (SSSR count). The molecule has 84 valence electrons. The zero-order chi connectivity index (χ0) is 11.8. The molecule has 1 aliphatic heterocycles. The summed E-state index contributed by atoms with van der Waals surface area (Å²) in [6.45, 7) is 1.53. The lowest BCUT2D eigenvalue weighted by atomic mass is 10.2. The van der Waals surface area contributed by atoms with Crippen LogP contribution in [-0.4, -0.2) is 15.9 Å². The number of rotatable bonds is 0. The van der Waals surface area contributed by atoms with Gasteiger partial charge >= 0.3 is 0 Å². The summed E-state index contributed by atoms with van der Waals surface area (Å²) in [5.41, 5.74) is 0.873. The first kappa shape index (κ1) is 10.3. The fraction of sp³-hybridized carbons (Fsp3) is 0.0833. The van der Waals surface area contributed by atoms with Crippen molar-refractivity contribution >= 4 is 29.2 Å². The van der Waals surface area contributed by atoms with E-state index < -0.39 is 0 Å². The highest BCUT2D eigenvalue weighted by Crippen LogP contribution is 2.45. The van der Waals surface area contributed by atoms with Crippen LogP contribution < -0.4 is 4.90 Å². The number of carbonyl (C=O) groups excluding carboxylic acids is 1. The normalized spacial score (nSPS) is 12.9. The summed E-state index contributed by atoms with van der Waals surface area (Å²) in [7, 11) is 0. The van der Waals surface area contributed by atoms with Crippen LogP contribution in [0.25, 0.3) is 0 Å². The highest BCUT2D eigenvalue weighted by molar-refractivity contribution is 7.99. The SMILES string of the molecule is CC(=O)N1c2ccccc2Sc2nccnc21. The Balaban J connectivity index is 2.24. The molecule has 1 aromatic heterocycles. The van der Waals surface area contributed by atoms with Gasteiger partial charge in [0.1, 0.15) is 5.03 Å². The molecular formula is C12H9N3OS. The summed E-state index contributed by atoms with van der Waals surface area (Å²) in [5, 5.41) is 0.765. The lowest BCUT2D eigenvalue weighted by Gasteiger charge is -2.27. The van der Waals surface area contributed by atoms with Gasteiger partial charge in [0.25, 0.3) is 0 Å². The number of amides is 1. The average molecular weight is 243 g/mol. The van der Waals surface area contributed by atoms with Gasteiger partial charge in [0.15, 0.2) is 5.82 Å². The van der Waals surface area contributed by atoms with E-state index in [-0.39, 0.29) is 5.91 Å². The summed E-state index contributed by atoms with van der Waals surface area (Å²) in [4.78, 5) is 22.9. The molecule has 2 aromatic rings. The van der Waals surface area contributed by atoms with Gasteiger partial charge in [-0.15, -0.1) is 0 Å². The Labute approximate surface area is 103 Å². The Hall–Kier alpha value is -1.88. The second-order valence-corrected chi connectivity index (χ2v) is 4.64. The predicted molar refractivity (Wildman–Crippen MR) is 65.4 cm³/mol. The zero-order valence-electron chi connectivity index (χ0n) is 9.12. The minimum Gasteiger partial charge on any atom is -0.274 e. The molecule has 5 heteroatoms. The van der Waals surface area contributed by atoms with Gasteiger partial charge in [-0.05, 0) is 12.1 Å². The van der Waals surface area contributed by atoms with Gasteiger partial charge in [-0.25, -0.2) is 9.97 Å². The van der Waals surface area contributed by atoms with Crippen molar-refractivity contribution in [2.75, 3.05) is 4.90 Å². The van der Waals surface area contributed by atoms with E-state index in [9.17, 15) is 4.79 Å². The van der Waals surface area contributed by atoms with Crippen LogP contribution in [0.2, 0.25) is 0 Å². The number of fused-ring (bicyclic) bond motifs is 2. The summed E-state index contributed by atoms with van der Waals surface area (Å²) in [6, 6.07) is 7.76. The van der Waals surface area contributed by atoms with Crippen molar-refractivity contribution in [1.29, 1.82) is 0 Å². The van der Waals surface area contributed by atoms with Gasteiger partial charge in [-0.2, -0.15) is 0 Å². The summed E-state index contributed by atoms with van der Waals surface area (Å²) in [5.74, 6) is 0.559. The van der Waals surface area contributed by atoms with E-state index in [1.807, 2.05) is 24.3 Å². The van der Waals surface area contributed by atoms with Crippen molar-refractivity contribution in [1.82, 2.24) is 9.97 Å². The third-order valence-corrected chi connectivity index (χ3v) is 3.53. The Morgan fingerprint density at radius 3 is 2.82 bits per heavy atom. The number of aromatic nitrogens is 2. The van der Waals surface area contributed by atoms with Crippen LogP contribution in [0.1, 0.15) is 6.92 Å². The van der Waals surface area contributed by atoms with E-state index in [0.717, 1.165) is 15.6 Å². The van der Waals surface area contributed by atoms with Crippen molar-refractivity contribution in [2.45, 2.75) is 16.8 Å². The molecule has 0 radical (unpaired) electrons. The molecule has 0 unspecified atom stereocenters. The molecule has 1 amide bonds. The largest absolute Gasteiger partial charge is 0.274 e. The minimum absolute atomic E-state index is 0.0560. The molecular weight excluding hydrogens is 234 g/mol. The van der Waals surface area contributed by atoms with Crippen molar-refractivity contribution < 1.29 is 4.79 Å². The first-order chi connectivity index (χ1) is 8.27. The van der Waals surface area contributed by atoms with Crippen molar-refractivity contribution in [3.05, 3.63) is 36.7 Å². The van der Waals surface area contributed by atoms with Gasteiger partial charge in [-0.1, -0.05) is 23.9 Å². The third kappa shape index (κ3) is 1.59. The van der Waals surface area contributed by atoms with Crippen molar-refractivity contribution in [2.24, 2.45) is 0 Å². The van der Waals surface area contributed by atoms with Crippen LogP contribution in [0, 0.1) is 0 Å². The Bertz CT molecular complexity index is 554. The smallest absolute Gasteiger partial charge is 0.229 e. The predicted octanol–water partition coefficient (Wildman–Crippen LogP) is 2.63. The first-order valence-electron chi connectivity index (χ1n) is 5.16. The number of hydrogen-bond donors (Lipinski definition) is 0. The molecule has 0 spiro atoms. The highest BCUT2D eigenvalue weighted by atomic mass is 32.2. The number of carbonyl (C=O) groups is 1. The Morgan fingerprint density at radius 1 is 1.24 bits per heavy atom. The standard InChI is InChI=1S/C12H9N3OS/c1-8(16)15-9-4-2-3-5-10(9)17-12-11(15)13-6-7-14-12/h2-7H,1H3. The topological polar surface area (TPSA) is 46.1 Å². The van der Waals surface area contributed by atoms with E-state index in [0.29, 0.717) is 5.82 Å². The molecule has 0 fully saturated rings. The van der Waals surface area contributed by atoms with Crippen LogP contribution in [0.15, 0.2) is 46.6 Å². The molecule has 0 aliphatic carbocycles. The van der Waals surface area contributed by atoms with Gasteiger partial charge in [0, 0.05) is 24.2 Å². The van der Waals surface area contributed by atoms with Crippen LogP contribution in [0.5, 0.6) is 0 Å². The van der Waals surface area contributed by atoms with Gasteiger partial charge in [0.2, 0.25) is 5.91 Å². The highest BCUT2D eigenvalue weighted by Gasteiger charge is 2.27. The van der Waals surface area contributed by atoms with Crippen LogP contribution >= 0.6 is 11.8 Å². The van der Waals surface area contributed by atoms with Crippen LogP contribution in [0.3, 0.4) is 0 Å². The first-order valence-corrected chi connectivity index (χ1v) is 5.97. The quantitative estimate of drug-likeness (QED) is 0.713. The maximum Gasteiger partial charge on any atom is 0.229 e. The molecule has 0 saturated heterocycles. The fourth-order valence-electron chi connectivity index (χ4n) is 1.81. The number of para-hydroxylation sites is 1. The van der Waals surface area contributed by atoms with Gasteiger partial charge in [-0.3, -0.25) is 9.69 Å². The van der Waals surface area contributed by atoms with Crippen molar-refractivity contribution in [3.63, 3.8) is 0 Å². The second-order valence-electron chi connectivity index (χ2n) is 3.61. The Morgan fingerprint density at radius 2 is 2.00 bits per heavy atom. The maximum atomic E-state index is 11.8. The zero-order valence-corrected chi connectivity index (χ0v) is 9.94. The molecule has 2 heterocycles. The third-order valence-electron chi connectivity index (χ3n) is 2.49. The Kier molecular flexibility index (Phi) is 2.33. The summed E-state index contributed by atoms with van der Waals surface area (Å²) in [6.07, 6.45) is 3.24. The minimum atomic E-state index is -0.0560. The summed E-state index contributed by atoms with van der Waals surface area (Å²) < 4.78 is 0. The molecule has 1 aliphatic rings. The van der Waals surface area contributed by atoms with Crippen LogP contribution in [0.4, 0.5) is 11.5 Å². The monoisotopic (exact) mass is 243 g/mol. The number of nitrogens with zero attached hydrogens (tertiary/aromatic N) is 3. The molecule has 0 bridgehead atoms.